The molecule has 0 atom stereocenters. The minimum absolute atomic E-state index is 0. The first-order valence-corrected chi connectivity index (χ1v) is 9.70. The molecule has 1 saturated heterocycles. The summed E-state index contributed by atoms with van der Waals surface area (Å²) in [5.41, 5.74) is 2.26. The molecule has 1 aliphatic heterocycles. The van der Waals surface area contributed by atoms with Gasteiger partial charge in [0.1, 0.15) is 0 Å². The number of aliphatic imine (C=N–C) groups is 1. The van der Waals surface area contributed by atoms with Gasteiger partial charge in [0, 0.05) is 43.8 Å². The van der Waals surface area contributed by atoms with E-state index in [-0.39, 0.29) is 29.9 Å². The van der Waals surface area contributed by atoms with Crippen LogP contribution in [0.1, 0.15) is 10.4 Å². The van der Waals surface area contributed by atoms with Gasteiger partial charge in [-0.25, -0.2) is 0 Å². The molecule has 1 amide bonds. The second kappa shape index (κ2) is 11.1. The number of nitrogens with zero attached hydrogens (tertiary/aromatic N) is 2. The summed E-state index contributed by atoms with van der Waals surface area (Å²) in [7, 11) is 1.78. The van der Waals surface area contributed by atoms with Gasteiger partial charge in [0.2, 0.25) is 5.91 Å². The minimum Gasteiger partial charge on any atom is -0.360 e. The van der Waals surface area contributed by atoms with Crippen LogP contribution < -0.4 is 20.9 Å². The highest BCUT2D eigenvalue weighted by Gasteiger charge is 2.16. The number of piperazine rings is 1. The molecule has 2 heterocycles. The lowest BCUT2D eigenvalue weighted by Crippen LogP contribution is -2.47. The van der Waals surface area contributed by atoms with E-state index < -0.39 is 0 Å². The molecule has 0 spiro atoms. The molecule has 1 fully saturated rings. The third kappa shape index (κ3) is 6.69. The maximum atomic E-state index is 11.5. The highest BCUT2D eigenvalue weighted by atomic mass is 127. The van der Waals surface area contributed by atoms with E-state index in [0.29, 0.717) is 19.6 Å². The van der Waals surface area contributed by atoms with Gasteiger partial charge in [-0.3, -0.25) is 9.79 Å². The van der Waals surface area contributed by atoms with Crippen molar-refractivity contribution in [1.82, 2.24) is 16.0 Å². The van der Waals surface area contributed by atoms with Crippen molar-refractivity contribution in [2.75, 3.05) is 38.1 Å². The molecule has 6 nitrogen and oxygen atoms in total. The summed E-state index contributed by atoms with van der Waals surface area (Å²) in [6.07, 6.45) is 0.997. The van der Waals surface area contributed by atoms with Crippen LogP contribution in [0.15, 0.2) is 46.8 Å². The Labute approximate surface area is 181 Å². The molecule has 3 N–H and O–H groups in total. The predicted molar refractivity (Wildman–Crippen MR) is 123 cm³/mol. The fourth-order valence-electron chi connectivity index (χ4n) is 2.85. The molecule has 0 aliphatic carbocycles. The zero-order valence-electron chi connectivity index (χ0n) is 15.4. The number of carbonyl (C=O) groups excluding carboxylic acids is 1. The monoisotopic (exact) mass is 499 g/mol. The molecule has 146 valence electrons. The van der Waals surface area contributed by atoms with Crippen molar-refractivity contribution < 1.29 is 4.79 Å². The summed E-state index contributed by atoms with van der Waals surface area (Å²) in [5, 5.41) is 11.6. The van der Waals surface area contributed by atoms with E-state index in [1.54, 1.807) is 18.4 Å². The molecular weight excluding hydrogens is 473 g/mol. The Balaban J connectivity index is 0.00000261. The van der Waals surface area contributed by atoms with Crippen LogP contribution in [0.2, 0.25) is 0 Å². The number of carbonyl (C=O) groups is 1. The number of hydrogen-bond acceptors (Lipinski definition) is 4. The molecule has 0 unspecified atom stereocenters. The van der Waals surface area contributed by atoms with E-state index in [2.05, 4.69) is 67.6 Å². The molecule has 0 radical (unpaired) electrons. The summed E-state index contributed by atoms with van der Waals surface area (Å²) in [6.45, 7) is 3.55. The highest BCUT2D eigenvalue weighted by Crippen LogP contribution is 2.16. The van der Waals surface area contributed by atoms with Crippen LogP contribution in [-0.2, 0) is 17.8 Å². The highest BCUT2D eigenvalue weighted by molar-refractivity contribution is 14.0. The van der Waals surface area contributed by atoms with Gasteiger partial charge in [-0.1, -0.05) is 18.2 Å². The Morgan fingerprint density at radius 2 is 2.07 bits per heavy atom. The van der Waals surface area contributed by atoms with Crippen molar-refractivity contribution in [3.05, 3.63) is 52.2 Å². The lowest BCUT2D eigenvalue weighted by atomic mass is 10.2. The number of guanidine groups is 1. The zero-order valence-corrected chi connectivity index (χ0v) is 18.6. The molecule has 27 heavy (non-hydrogen) atoms. The van der Waals surface area contributed by atoms with Crippen LogP contribution in [0, 0.1) is 0 Å². The molecule has 0 saturated carbocycles. The zero-order chi connectivity index (χ0) is 18.2. The van der Waals surface area contributed by atoms with Crippen molar-refractivity contribution in [3.63, 3.8) is 0 Å². The Morgan fingerprint density at radius 1 is 1.26 bits per heavy atom. The quantitative estimate of drug-likeness (QED) is 0.324. The molecule has 0 bridgehead atoms. The summed E-state index contributed by atoms with van der Waals surface area (Å²) in [6, 6.07) is 12.6. The van der Waals surface area contributed by atoms with Crippen LogP contribution in [0.25, 0.3) is 0 Å². The van der Waals surface area contributed by atoms with E-state index in [1.807, 2.05) is 0 Å². The molecule has 1 aromatic heterocycles. The number of nitrogens with one attached hydrogen (secondary N) is 3. The van der Waals surface area contributed by atoms with Crippen LogP contribution in [0.5, 0.6) is 0 Å². The van der Waals surface area contributed by atoms with Gasteiger partial charge >= 0.3 is 0 Å². The Kier molecular flexibility index (Phi) is 8.86. The lowest BCUT2D eigenvalue weighted by molar-refractivity contribution is -0.120. The summed E-state index contributed by atoms with van der Waals surface area (Å²) in [5.74, 6) is 0.887. The van der Waals surface area contributed by atoms with E-state index in [0.717, 1.165) is 31.2 Å². The van der Waals surface area contributed by atoms with Crippen molar-refractivity contribution >= 4 is 52.9 Å². The Bertz CT molecular complexity index is 733. The number of thiophene rings is 1. The van der Waals surface area contributed by atoms with Crippen LogP contribution in [-0.4, -0.2) is 45.1 Å². The maximum absolute atomic E-state index is 11.5. The van der Waals surface area contributed by atoms with Crippen molar-refractivity contribution in [1.29, 1.82) is 0 Å². The summed E-state index contributed by atoms with van der Waals surface area (Å²) >= 11 is 1.78. The van der Waals surface area contributed by atoms with E-state index in [9.17, 15) is 4.79 Å². The standard InChI is InChI=1S/C19H25N5OS.HI/c1-20-19(22-9-8-17-3-2-12-26-17)23-13-15-4-6-16(7-5-15)24-11-10-21-18(25)14-24;/h2-7,12H,8-11,13-14H2,1H3,(H,21,25)(H2,20,22,23);1H. The first-order chi connectivity index (χ1) is 12.7. The number of halogens is 1. The third-order valence-corrected chi connectivity index (χ3v) is 5.20. The van der Waals surface area contributed by atoms with Crippen molar-refractivity contribution in [3.8, 4) is 0 Å². The molecule has 1 aliphatic rings. The van der Waals surface area contributed by atoms with Gasteiger partial charge in [0.05, 0.1) is 6.54 Å². The fourth-order valence-corrected chi connectivity index (χ4v) is 3.56. The first kappa shape index (κ1) is 21.5. The van der Waals surface area contributed by atoms with E-state index in [1.165, 1.54) is 10.4 Å². The maximum Gasteiger partial charge on any atom is 0.239 e. The first-order valence-electron chi connectivity index (χ1n) is 8.82. The SMILES string of the molecule is CN=C(NCCc1cccs1)NCc1ccc(N2CCNC(=O)C2)cc1.I. The van der Waals surface area contributed by atoms with Crippen LogP contribution in [0.4, 0.5) is 5.69 Å². The van der Waals surface area contributed by atoms with Crippen LogP contribution >= 0.6 is 35.3 Å². The fraction of sp³-hybridized carbons (Fsp3) is 0.368. The molecule has 1 aromatic carbocycles. The van der Waals surface area contributed by atoms with E-state index in [4.69, 9.17) is 0 Å². The minimum atomic E-state index is 0. The Morgan fingerprint density at radius 3 is 2.74 bits per heavy atom. The number of amides is 1. The number of anilines is 1. The van der Waals surface area contributed by atoms with Gasteiger partial charge in [0.25, 0.3) is 0 Å². The smallest absolute Gasteiger partial charge is 0.239 e. The largest absolute Gasteiger partial charge is 0.360 e. The van der Waals surface area contributed by atoms with Gasteiger partial charge in [-0.2, -0.15) is 0 Å². The summed E-state index contributed by atoms with van der Waals surface area (Å²) in [4.78, 5) is 19.2. The number of benzene rings is 1. The van der Waals surface area contributed by atoms with Gasteiger partial charge in [0.15, 0.2) is 5.96 Å². The molecule has 2 aromatic rings. The molecular formula is C19H26IN5OS. The number of hydrogen-bond donors (Lipinski definition) is 3. The van der Waals surface area contributed by atoms with E-state index >= 15 is 0 Å². The predicted octanol–water partition coefficient (Wildman–Crippen LogP) is 2.21. The normalized spacial score (nSPS) is 14.3. The second-order valence-corrected chi connectivity index (χ2v) is 7.15. The number of rotatable bonds is 6. The molecule has 3 rings (SSSR count). The lowest BCUT2D eigenvalue weighted by Gasteiger charge is -2.28. The van der Waals surface area contributed by atoms with Crippen molar-refractivity contribution in [2.24, 2.45) is 4.99 Å². The summed E-state index contributed by atoms with van der Waals surface area (Å²) < 4.78 is 0. The van der Waals surface area contributed by atoms with Crippen molar-refractivity contribution in [2.45, 2.75) is 13.0 Å². The van der Waals surface area contributed by atoms with Gasteiger partial charge in [-0.05, 0) is 35.6 Å². The third-order valence-electron chi connectivity index (χ3n) is 4.27. The van der Waals surface area contributed by atoms with Gasteiger partial charge in [-0.15, -0.1) is 35.3 Å². The average Bonchev–Trinajstić information content (AvgIpc) is 3.18. The second-order valence-electron chi connectivity index (χ2n) is 6.12. The van der Waals surface area contributed by atoms with Gasteiger partial charge < -0.3 is 20.9 Å². The Hall–Kier alpha value is -1.81. The average molecular weight is 499 g/mol. The van der Waals surface area contributed by atoms with Crippen LogP contribution in [0.3, 0.4) is 0 Å². The topological polar surface area (TPSA) is 68.8 Å². The molecule has 8 heteroatoms.